The zero-order valence-electron chi connectivity index (χ0n) is 9.58. The molecule has 1 saturated heterocycles. The molecule has 0 saturated carbocycles. The number of hydrogen-bond donors (Lipinski definition) is 0. The second-order valence-corrected chi connectivity index (χ2v) is 4.97. The molecule has 0 amide bonds. The van der Waals surface area contributed by atoms with Gasteiger partial charge in [0.05, 0.1) is 30.0 Å². The highest BCUT2D eigenvalue weighted by Crippen LogP contribution is 2.27. The van der Waals surface area contributed by atoms with Crippen LogP contribution in [0.2, 0.25) is 5.15 Å². The molecule has 94 valence electrons. The Morgan fingerprint density at radius 3 is 2.88 bits per heavy atom. The fraction of sp³-hybridized carbons (Fsp3) is 0.636. The predicted molar refractivity (Wildman–Crippen MR) is 68.2 cm³/mol. The first kappa shape index (κ1) is 13.2. The van der Waals surface area contributed by atoms with E-state index in [2.05, 4.69) is 32.8 Å². The van der Waals surface area contributed by atoms with E-state index in [1.54, 1.807) is 0 Å². The quantitative estimate of drug-likeness (QED) is 0.803. The number of ether oxygens (including phenoxy) is 2. The SMILES string of the molecule is CCCc1nc(C2COCCO2)nc(Cl)c1Br. The predicted octanol–water partition coefficient (Wildman–Crippen LogP) is 2.93. The number of aromatic nitrogens is 2. The standard InChI is InChI=1S/C11H14BrClN2O2/c1-2-3-7-9(12)10(13)15-11(14-7)8-6-16-4-5-17-8/h8H,2-6H2,1H3. The summed E-state index contributed by atoms with van der Waals surface area (Å²) in [7, 11) is 0. The fourth-order valence-electron chi connectivity index (χ4n) is 1.66. The molecule has 1 atom stereocenters. The van der Waals surface area contributed by atoms with Crippen molar-refractivity contribution >= 4 is 27.5 Å². The lowest BCUT2D eigenvalue weighted by atomic mass is 10.2. The van der Waals surface area contributed by atoms with Gasteiger partial charge in [0.1, 0.15) is 11.3 Å². The van der Waals surface area contributed by atoms with Gasteiger partial charge in [0.15, 0.2) is 5.82 Å². The largest absolute Gasteiger partial charge is 0.376 e. The lowest BCUT2D eigenvalue weighted by molar-refractivity contribution is -0.0936. The second-order valence-electron chi connectivity index (χ2n) is 3.82. The molecule has 0 radical (unpaired) electrons. The molecule has 1 aliphatic rings. The Hall–Kier alpha value is -0.230. The Kier molecular flexibility index (Phi) is 4.73. The molecule has 0 aromatic carbocycles. The van der Waals surface area contributed by atoms with Gasteiger partial charge in [0, 0.05) is 0 Å². The first-order valence-electron chi connectivity index (χ1n) is 5.63. The van der Waals surface area contributed by atoms with E-state index < -0.39 is 0 Å². The third kappa shape index (κ3) is 3.16. The lowest BCUT2D eigenvalue weighted by Gasteiger charge is -2.22. The van der Waals surface area contributed by atoms with Gasteiger partial charge in [-0.2, -0.15) is 0 Å². The van der Waals surface area contributed by atoms with Gasteiger partial charge in [-0.05, 0) is 22.4 Å². The molecule has 17 heavy (non-hydrogen) atoms. The van der Waals surface area contributed by atoms with Crippen LogP contribution >= 0.6 is 27.5 Å². The zero-order chi connectivity index (χ0) is 12.3. The van der Waals surface area contributed by atoms with Crippen LogP contribution in [0.4, 0.5) is 0 Å². The van der Waals surface area contributed by atoms with Crippen molar-refractivity contribution in [3.63, 3.8) is 0 Å². The van der Waals surface area contributed by atoms with E-state index in [0.717, 1.165) is 23.0 Å². The zero-order valence-corrected chi connectivity index (χ0v) is 11.9. The monoisotopic (exact) mass is 320 g/mol. The van der Waals surface area contributed by atoms with Gasteiger partial charge < -0.3 is 9.47 Å². The minimum atomic E-state index is -0.204. The highest BCUT2D eigenvalue weighted by molar-refractivity contribution is 9.10. The molecular weight excluding hydrogens is 307 g/mol. The highest BCUT2D eigenvalue weighted by Gasteiger charge is 2.22. The summed E-state index contributed by atoms with van der Waals surface area (Å²) < 4.78 is 11.7. The second kappa shape index (κ2) is 6.09. The van der Waals surface area contributed by atoms with Crippen LogP contribution in [0.5, 0.6) is 0 Å². The van der Waals surface area contributed by atoms with Gasteiger partial charge in [-0.25, -0.2) is 9.97 Å². The summed E-state index contributed by atoms with van der Waals surface area (Å²) in [5, 5.41) is 0.438. The molecule has 1 aliphatic heterocycles. The summed E-state index contributed by atoms with van der Waals surface area (Å²) in [6, 6.07) is 0. The number of aryl methyl sites for hydroxylation is 1. The minimum Gasteiger partial charge on any atom is -0.376 e. The summed E-state index contributed by atoms with van der Waals surface area (Å²) in [5.74, 6) is 0.612. The van der Waals surface area contributed by atoms with E-state index in [4.69, 9.17) is 21.1 Å². The van der Waals surface area contributed by atoms with Crippen LogP contribution in [0.25, 0.3) is 0 Å². The molecule has 1 unspecified atom stereocenters. The van der Waals surface area contributed by atoms with E-state index in [1.165, 1.54) is 0 Å². The smallest absolute Gasteiger partial charge is 0.161 e. The van der Waals surface area contributed by atoms with Crippen molar-refractivity contribution < 1.29 is 9.47 Å². The van der Waals surface area contributed by atoms with E-state index in [9.17, 15) is 0 Å². The van der Waals surface area contributed by atoms with Crippen LogP contribution in [0.15, 0.2) is 4.47 Å². The molecule has 6 heteroatoms. The van der Waals surface area contributed by atoms with Gasteiger partial charge in [-0.1, -0.05) is 24.9 Å². The third-order valence-corrected chi connectivity index (χ3v) is 3.82. The molecule has 2 rings (SSSR count). The van der Waals surface area contributed by atoms with E-state index in [-0.39, 0.29) is 6.10 Å². The molecule has 0 N–H and O–H groups in total. The highest BCUT2D eigenvalue weighted by atomic mass is 79.9. The molecule has 1 aromatic rings. The molecule has 1 fully saturated rings. The molecule has 1 aromatic heterocycles. The van der Waals surface area contributed by atoms with Crippen molar-refractivity contribution in [1.82, 2.24) is 9.97 Å². The molecule has 0 spiro atoms. The van der Waals surface area contributed by atoms with Gasteiger partial charge in [0.25, 0.3) is 0 Å². The number of halogens is 2. The van der Waals surface area contributed by atoms with E-state index in [1.807, 2.05) is 0 Å². The molecule has 0 bridgehead atoms. The summed E-state index contributed by atoms with van der Waals surface area (Å²) >= 11 is 9.49. The average molecular weight is 322 g/mol. The fourth-order valence-corrected chi connectivity index (χ4v) is 2.24. The maximum Gasteiger partial charge on any atom is 0.161 e. The maximum absolute atomic E-state index is 6.08. The Balaban J connectivity index is 2.27. The van der Waals surface area contributed by atoms with Crippen molar-refractivity contribution in [2.24, 2.45) is 0 Å². The summed E-state index contributed by atoms with van der Waals surface area (Å²) in [5.41, 5.74) is 0.927. The van der Waals surface area contributed by atoms with Gasteiger partial charge in [-0.3, -0.25) is 0 Å². The minimum absolute atomic E-state index is 0.204. The summed E-state index contributed by atoms with van der Waals surface area (Å²) in [4.78, 5) is 8.74. The van der Waals surface area contributed by atoms with Crippen molar-refractivity contribution in [2.75, 3.05) is 19.8 Å². The van der Waals surface area contributed by atoms with Crippen LogP contribution in [0, 0.1) is 0 Å². The van der Waals surface area contributed by atoms with Crippen LogP contribution in [-0.2, 0) is 15.9 Å². The Morgan fingerprint density at radius 1 is 1.41 bits per heavy atom. The Labute approximate surface area is 114 Å². The van der Waals surface area contributed by atoms with Crippen molar-refractivity contribution in [3.8, 4) is 0 Å². The number of rotatable bonds is 3. The number of nitrogens with zero attached hydrogens (tertiary/aromatic N) is 2. The molecule has 2 heterocycles. The topological polar surface area (TPSA) is 44.2 Å². The first-order valence-corrected chi connectivity index (χ1v) is 6.80. The van der Waals surface area contributed by atoms with Crippen LogP contribution in [0.3, 0.4) is 0 Å². The number of hydrogen-bond acceptors (Lipinski definition) is 4. The van der Waals surface area contributed by atoms with Gasteiger partial charge >= 0.3 is 0 Å². The van der Waals surface area contributed by atoms with Gasteiger partial charge in [-0.15, -0.1) is 0 Å². The molecule has 0 aliphatic carbocycles. The lowest BCUT2D eigenvalue weighted by Crippen LogP contribution is -2.24. The van der Waals surface area contributed by atoms with Gasteiger partial charge in [0.2, 0.25) is 0 Å². The van der Waals surface area contributed by atoms with Crippen LogP contribution in [0.1, 0.15) is 31.0 Å². The van der Waals surface area contributed by atoms with Crippen molar-refractivity contribution in [3.05, 3.63) is 21.1 Å². The van der Waals surface area contributed by atoms with E-state index in [0.29, 0.717) is 30.8 Å². The van der Waals surface area contributed by atoms with Crippen molar-refractivity contribution in [2.45, 2.75) is 25.9 Å². The Bertz CT molecular complexity index is 397. The van der Waals surface area contributed by atoms with E-state index >= 15 is 0 Å². The first-order chi connectivity index (χ1) is 8.22. The Morgan fingerprint density at radius 2 is 2.24 bits per heavy atom. The van der Waals surface area contributed by atoms with Crippen LogP contribution < -0.4 is 0 Å². The third-order valence-electron chi connectivity index (χ3n) is 2.49. The molecule has 4 nitrogen and oxygen atoms in total. The summed E-state index contributed by atoms with van der Waals surface area (Å²) in [6.07, 6.45) is 1.67. The normalized spacial score (nSPS) is 20.5. The van der Waals surface area contributed by atoms with Crippen LogP contribution in [-0.4, -0.2) is 29.8 Å². The van der Waals surface area contributed by atoms with Crippen molar-refractivity contribution in [1.29, 1.82) is 0 Å². The maximum atomic E-state index is 6.08. The molecular formula is C11H14BrClN2O2. The summed E-state index contributed by atoms with van der Waals surface area (Å²) in [6.45, 7) is 3.79. The average Bonchev–Trinajstić information content (AvgIpc) is 2.36.